The highest BCUT2D eigenvalue weighted by molar-refractivity contribution is 6.27. The van der Waals surface area contributed by atoms with E-state index in [1.54, 1.807) is 11.8 Å². The van der Waals surface area contributed by atoms with Gasteiger partial charge in [-0.2, -0.15) is 5.26 Å². The van der Waals surface area contributed by atoms with Gasteiger partial charge in [-0.15, -0.1) is 11.6 Å². The molecule has 1 aromatic heterocycles. The van der Waals surface area contributed by atoms with Crippen LogP contribution in [0.2, 0.25) is 0 Å². The summed E-state index contributed by atoms with van der Waals surface area (Å²) in [4.78, 5) is 19.1. The molecule has 6 nitrogen and oxygen atoms in total. The zero-order chi connectivity index (χ0) is 13.1. The summed E-state index contributed by atoms with van der Waals surface area (Å²) in [5, 5.41) is 8.96. The first-order valence-corrected chi connectivity index (χ1v) is 6.15. The third-order valence-electron chi connectivity index (χ3n) is 2.86. The van der Waals surface area contributed by atoms with Crippen molar-refractivity contribution >= 4 is 23.4 Å². The van der Waals surface area contributed by atoms with E-state index in [0.29, 0.717) is 43.6 Å². The SMILES string of the molecule is Cc1nc(C#N)c(N2CCN(C(=O)CCl)CC2)o1. The fourth-order valence-electron chi connectivity index (χ4n) is 1.95. The van der Waals surface area contributed by atoms with Crippen molar-refractivity contribution in [3.63, 3.8) is 0 Å². The van der Waals surface area contributed by atoms with Crippen LogP contribution in [-0.4, -0.2) is 47.9 Å². The Kier molecular flexibility index (Phi) is 3.72. The number of alkyl halides is 1. The van der Waals surface area contributed by atoms with Crippen molar-refractivity contribution in [3.8, 4) is 6.07 Å². The van der Waals surface area contributed by atoms with E-state index in [1.165, 1.54) is 0 Å². The van der Waals surface area contributed by atoms with Gasteiger partial charge in [0, 0.05) is 33.1 Å². The molecule has 2 heterocycles. The second-order valence-electron chi connectivity index (χ2n) is 4.00. The van der Waals surface area contributed by atoms with Gasteiger partial charge in [-0.05, 0) is 0 Å². The van der Waals surface area contributed by atoms with Crippen LogP contribution in [0, 0.1) is 18.3 Å². The molecular weight excluding hydrogens is 256 g/mol. The summed E-state index contributed by atoms with van der Waals surface area (Å²) in [6.45, 7) is 4.10. The van der Waals surface area contributed by atoms with Crippen LogP contribution < -0.4 is 4.90 Å². The lowest BCUT2D eigenvalue weighted by Gasteiger charge is -2.34. The van der Waals surface area contributed by atoms with E-state index in [4.69, 9.17) is 21.3 Å². The molecule has 1 aromatic rings. The minimum atomic E-state index is -0.0643. The number of aryl methyl sites for hydroxylation is 1. The molecule has 0 N–H and O–H groups in total. The van der Waals surface area contributed by atoms with Gasteiger partial charge in [0.15, 0.2) is 5.89 Å². The Morgan fingerprint density at radius 1 is 1.50 bits per heavy atom. The number of halogens is 1. The maximum Gasteiger partial charge on any atom is 0.237 e. The largest absolute Gasteiger partial charge is 0.424 e. The summed E-state index contributed by atoms with van der Waals surface area (Å²) < 4.78 is 5.43. The van der Waals surface area contributed by atoms with Gasteiger partial charge >= 0.3 is 0 Å². The number of nitrogens with zero attached hydrogens (tertiary/aromatic N) is 4. The first kappa shape index (κ1) is 12.7. The predicted molar refractivity (Wildman–Crippen MR) is 65.5 cm³/mol. The summed E-state index contributed by atoms with van der Waals surface area (Å²) in [5.41, 5.74) is 0.296. The van der Waals surface area contributed by atoms with Gasteiger partial charge in [0.1, 0.15) is 11.9 Å². The summed E-state index contributed by atoms with van der Waals surface area (Å²) in [5.74, 6) is 0.907. The number of nitriles is 1. The highest BCUT2D eigenvalue weighted by Crippen LogP contribution is 2.22. The van der Waals surface area contributed by atoms with Crippen molar-refractivity contribution in [1.82, 2.24) is 9.88 Å². The number of rotatable bonds is 2. The molecule has 0 atom stereocenters. The van der Waals surface area contributed by atoms with E-state index in [1.807, 2.05) is 11.0 Å². The Hall–Kier alpha value is -1.74. The minimum Gasteiger partial charge on any atom is -0.424 e. The summed E-state index contributed by atoms with van der Waals surface area (Å²) in [6, 6.07) is 2.01. The van der Waals surface area contributed by atoms with Crippen LogP contribution >= 0.6 is 11.6 Å². The van der Waals surface area contributed by atoms with Gasteiger partial charge in [-0.1, -0.05) is 0 Å². The van der Waals surface area contributed by atoms with Crippen LogP contribution in [0.4, 0.5) is 5.88 Å². The normalized spacial score (nSPS) is 15.6. The first-order valence-electron chi connectivity index (χ1n) is 5.62. The van der Waals surface area contributed by atoms with Crippen LogP contribution in [0.5, 0.6) is 0 Å². The number of hydrogen-bond donors (Lipinski definition) is 0. The minimum absolute atomic E-state index is 0.00482. The average molecular weight is 269 g/mol. The Morgan fingerprint density at radius 3 is 2.72 bits per heavy atom. The van der Waals surface area contributed by atoms with Crippen molar-refractivity contribution in [3.05, 3.63) is 11.6 Å². The molecule has 0 saturated carbocycles. The fraction of sp³-hybridized carbons (Fsp3) is 0.545. The number of piperazine rings is 1. The third-order valence-corrected chi connectivity index (χ3v) is 3.08. The molecule has 1 saturated heterocycles. The molecule has 1 fully saturated rings. The standard InChI is InChI=1S/C11H13ClN4O2/c1-8-14-9(7-13)11(18-8)16-4-2-15(3-5-16)10(17)6-12/h2-6H2,1H3. The van der Waals surface area contributed by atoms with E-state index in [9.17, 15) is 4.79 Å². The topological polar surface area (TPSA) is 73.4 Å². The number of carbonyl (C=O) groups excluding carboxylic acids is 1. The smallest absolute Gasteiger partial charge is 0.237 e. The van der Waals surface area contributed by atoms with E-state index < -0.39 is 0 Å². The lowest BCUT2D eigenvalue weighted by atomic mass is 10.3. The summed E-state index contributed by atoms with van der Waals surface area (Å²) in [6.07, 6.45) is 0. The van der Waals surface area contributed by atoms with Crippen molar-refractivity contribution in [2.24, 2.45) is 0 Å². The highest BCUT2D eigenvalue weighted by Gasteiger charge is 2.25. The second kappa shape index (κ2) is 5.27. The Balaban J connectivity index is 2.06. The number of hydrogen-bond acceptors (Lipinski definition) is 5. The lowest BCUT2D eigenvalue weighted by molar-refractivity contribution is -0.128. The molecule has 96 valence electrons. The molecule has 0 unspecified atom stereocenters. The van der Waals surface area contributed by atoms with E-state index in [0.717, 1.165) is 0 Å². The molecule has 2 rings (SSSR count). The van der Waals surface area contributed by atoms with Crippen molar-refractivity contribution in [2.75, 3.05) is 37.0 Å². The Labute approximate surface area is 110 Å². The van der Waals surface area contributed by atoms with Crippen molar-refractivity contribution in [1.29, 1.82) is 5.26 Å². The number of aromatic nitrogens is 1. The lowest BCUT2D eigenvalue weighted by Crippen LogP contribution is -2.49. The molecule has 7 heteroatoms. The van der Waals surface area contributed by atoms with E-state index in [2.05, 4.69) is 4.98 Å². The van der Waals surface area contributed by atoms with Crippen LogP contribution in [-0.2, 0) is 4.79 Å². The molecule has 1 aliphatic rings. The van der Waals surface area contributed by atoms with Crippen LogP contribution in [0.1, 0.15) is 11.6 Å². The zero-order valence-corrected chi connectivity index (χ0v) is 10.8. The Bertz CT molecular complexity index is 486. The van der Waals surface area contributed by atoms with Crippen molar-refractivity contribution < 1.29 is 9.21 Å². The summed E-state index contributed by atoms with van der Waals surface area (Å²) in [7, 11) is 0. The molecule has 1 amide bonds. The maximum absolute atomic E-state index is 11.4. The molecule has 0 spiro atoms. The number of oxazole rings is 1. The fourth-order valence-corrected chi connectivity index (χ4v) is 2.12. The molecule has 18 heavy (non-hydrogen) atoms. The molecule has 0 aromatic carbocycles. The highest BCUT2D eigenvalue weighted by atomic mass is 35.5. The monoisotopic (exact) mass is 268 g/mol. The zero-order valence-electron chi connectivity index (χ0n) is 10.0. The van der Waals surface area contributed by atoms with Crippen LogP contribution in [0.25, 0.3) is 0 Å². The Morgan fingerprint density at radius 2 is 2.17 bits per heavy atom. The molecule has 1 aliphatic heterocycles. The maximum atomic E-state index is 11.4. The number of anilines is 1. The van der Waals surface area contributed by atoms with Gasteiger partial charge in [0.05, 0.1) is 0 Å². The second-order valence-corrected chi connectivity index (χ2v) is 4.27. The van der Waals surface area contributed by atoms with Crippen LogP contribution in [0.3, 0.4) is 0 Å². The van der Waals surface area contributed by atoms with Crippen LogP contribution in [0.15, 0.2) is 4.42 Å². The van der Waals surface area contributed by atoms with Crippen molar-refractivity contribution in [2.45, 2.75) is 6.92 Å². The predicted octanol–water partition coefficient (Wildman–Crippen LogP) is 0.742. The number of amides is 1. The van der Waals surface area contributed by atoms with E-state index >= 15 is 0 Å². The summed E-state index contributed by atoms with van der Waals surface area (Å²) >= 11 is 5.51. The average Bonchev–Trinajstić information content (AvgIpc) is 2.79. The first-order chi connectivity index (χ1) is 8.65. The molecule has 0 aliphatic carbocycles. The molecule has 0 bridgehead atoms. The van der Waals surface area contributed by atoms with Gasteiger partial charge in [0.2, 0.25) is 17.5 Å². The number of carbonyl (C=O) groups is 1. The molecule has 0 radical (unpaired) electrons. The van der Waals surface area contributed by atoms with E-state index in [-0.39, 0.29) is 11.8 Å². The van der Waals surface area contributed by atoms with Gasteiger partial charge < -0.3 is 14.2 Å². The van der Waals surface area contributed by atoms with Gasteiger partial charge in [0.25, 0.3) is 0 Å². The van der Waals surface area contributed by atoms with Gasteiger partial charge in [-0.3, -0.25) is 4.79 Å². The van der Waals surface area contributed by atoms with Gasteiger partial charge in [-0.25, -0.2) is 4.98 Å². The third kappa shape index (κ3) is 2.41. The quantitative estimate of drug-likeness (QED) is 0.740. The molecular formula is C11H13ClN4O2.